The van der Waals surface area contributed by atoms with Crippen molar-refractivity contribution in [2.75, 3.05) is 19.6 Å². The first kappa shape index (κ1) is 11.2. The molecule has 0 radical (unpaired) electrons. The molecule has 5 heteroatoms. The zero-order valence-electron chi connectivity index (χ0n) is 9.32. The molecule has 0 bridgehead atoms. The van der Waals surface area contributed by atoms with Gasteiger partial charge in [-0.05, 0) is 31.6 Å². The van der Waals surface area contributed by atoms with Gasteiger partial charge in [-0.3, -0.25) is 4.79 Å². The van der Waals surface area contributed by atoms with Crippen LogP contribution in [0.3, 0.4) is 0 Å². The smallest absolute Gasteiger partial charge is 0.317 e. The molecule has 1 aliphatic carbocycles. The number of carbonyl (C=O) groups is 2. The Bertz CT molecular complexity index is 285. The number of carboxylic acids is 1. The van der Waals surface area contributed by atoms with Crippen molar-refractivity contribution in [3.8, 4) is 0 Å². The van der Waals surface area contributed by atoms with Crippen molar-refractivity contribution >= 4 is 12.0 Å². The second-order valence-corrected chi connectivity index (χ2v) is 4.73. The maximum absolute atomic E-state index is 11.3. The van der Waals surface area contributed by atoms with Crippen molar-refractivity contribution in [1.82, 2.24) is 10.2 Å². The molecule has 5 nitrogen and oxygen atoms in total. The lowest BCUT2D eigenvalue weighted by atomic mass is 9.82. The summed E-state index contributed by atoms with van der Waals surface area (Å²) < 4.78 is 0. The van der Waals surface area contributed by atoms with Crippen LogP contribution in [-0.2, 0) is 4.79 Å². The molecule has 2 aliphatic rings. The monoisotopic (exact) mass is 226 g/mol. The topological polar surface area (TPSA) is 69.6 Å². The second kappa shape index (κ2) is 4.72. The highest BCUT2D eigenvalue weighted by Crippen LogP contribution is 2.29. The summed E-state index contributed by atoms with van der Waals surface area (Å²) in [4.78, 5) is 24.0. The highest BCUT2D eigenvalue weighted by molar-refractivity contribution is 5.76. The van der Waals surface area contributed by atoms with Gasteiger partial charge in [-0.25, -0.2) is 4.79 Å². The average molecular weight is 226 g/mol. The van der Waals surface area contributed by atoms with E-state index < -0.39 is 5.97 Å². The lowest BCUT2D eigenvalue weighted by Gasteiger charge is -2.28. The number of hydrogen-bond acceptors (Lipinski definition) is 2. The maximum atomic E-state index is 11.3. The van der Waals surface area contributed by atoms with Crippen LogP contribution in [0.1, 0.15) is 25.7 Å². The largest absolute Gasteiger partial charge is 0.481 e. The highest BCUT2D eigenvalue weighted by Gasteiger charge is 2.29. The van der Waals surface area contributed by atoms with Gasteiger partial charge in [-0.2, -0.15) is 0 Å². The molecule has 2 rings (SSSR count). The minimum atomic E-state index is -0.669. The van der Waals surface area contributed by atoms with Gasteiger partial charge in [0.1, 0.15) is 0 Å². The van der Waals surface area contributed by atoms with Crippen LogP contribution in [-0.4, -0.2) is 41.6 Å². The van der Waals surface area contributed by atoms with Crippen LogP contribution in [0.25, 0.3) is 0 Å². The van der Waals surface area contributed by atoms with Crippen LogP contribution in [0.15, 0.2) is 0 Å². The molecule has 1 saturated heterocycles. The summed E-state index contributed by atoms with van der Waals surface area (Å²) in [6.07, 6.45) is 3.38. The van der Waals surface area contributed by atoms with E-state index in [2.05, 4.69) is 5.32 Å². The van der Waals surface area contributed by atoms with Crippen molar-refractivity contribution in [1.29, 1.82) is 0 Å². The van der Waals surface area contributed by atoms with Gasteiger partial charge in [-0.15, -0.1) is 0 Å². The maximum Gasteiger partial charge on any atom is 0.317 e. The van der Waals surface area contributed by atoms with E-state index in [0.717, 1.165) is 45.3 Å². The van der Waals surface area contributed by atoms with E-state index in [1.165, 1.54) is 0 Å². The van der Waals surface area contributed by atoms with Crippen LogP contribution in [0, 0.1) is 11.8 Å². The average Bonchev–Trinajstić information content (AvgIpc) is 2.65. The summed E-state index contributed by atoms with van der Waals surface area (Å²) in [7, 11) is 0. The summed E-state index contributed by atoms with van der Waals surface area (Å²) in [6.45, 7) is 2.32. The number of rotatable bonds is 3. The molecule has 0 aromatic carbocycles. The van der Waals surface area contributed by atoms with Gasteiger partial charge in [0.2, 0.25) is 0 Å². The first-order chi connectivity index (χ1) is 7.66. The van der Waals surface area contributed by atoms with Crippen LogP contribution in [0.2, 0.25) is 0 Å². The lowest BCUT2D eigenvalue weighted by Crippen LogP contribution is -2.35. The van der Waals surface area contributed by atoms with Crippen molar-refractivity contribution < 1.29 is 14.7 Å². The first-order valence-electron chi connectivity index (χ1n) is 5.92. The van der Waals surface area contributed by atoms with E-state index in [-0.39, 0.29) is 11.9 Å². The summed E-state index contributed by atoms with van der Waals surface area (Å²) >= 11 is 0. The molecule has 90 valence electrons. The highest BCUT2D eigenvalue weighted by atomic mass is 16.4. The molecule has 2 N–H and O–H groups in total. The third-order valence-electron chi connectivity index (χ3n) is 3.62. The number of nitrogens with one attached hydrogen (secondary N) is 1. The predicted octanol–water partition coefficient (Wildman–Crippen LogP) is 0.903. The Morgan fingerprint density at radius 2 is 2.06 bits per heavy atom. The molecule has 1 heterocycles. The summed E-state index contributed by atoms with van der Waals surface area (Å²) in [5.41, 5.74) is 0. The number of aliphatic carboxylic acids is 1. The first-order valence-corrected chi connectivity index (χ1v) is 5.92. The fraction of sp³-hybridized carbons (Fsp3) is 0.818. The number of carbonyl (C=O) groups excluding carboxylic acids is 1. The molecule has 0 unspecified atom stereocenters. The number of carboxylic acid groups (broad SMARTS) is 1. The molecular weight excluding hydrogens is 208 g/mol. The van der Waals surface area contributed by atoms with Crippen LogP contribution in [0.4, 0.5) is 4.79 Å². The van der Waals surface area contributed by atoms with Gasteiger partial charge in [-0.1, -0.05) is 0 Å². The van der Waals surface area contributed by atoms with E-state index in [4.69, 9.17) is 5.11 Å². The van der Waals surface area contributed by atoms with Gasteiger partial charge in [0.05, 0.1) is 5.92 Å². The molecule has 0 aromatic rings. The van der Waals surface area contributed by atoms with E-state index in [0.29, 0.717) is 5.92 Å². The molecule has 0 aromatic heterocycles. The number of nitrogens with zero attached hydrogens (tertiary/aromatic N) is 1. The Kier molecular flexibility index (Phi) is 3.31. The zero-order valence-corrected chi connectivity index (χ0v) is 9.32. The molecule has 2 fully saturated rings. The minimum Gasteiger partial charge on any atom is -0.481 e. The van der Waals surface area contributed by atoms with Crippen LogP contribution < -0.4 is 5.32 Å². The van der Waals surface area contributed by atoms with Crippen molar-refractivity contribution in [3.05, 3.63) is 0 Å². The van der Waals surface area contributed by atoms with Gasteiger partial charge < -0.3 is 15.3 Å². The lowest BCUT2D eigenvalue weighted by molar-refractivity contribution is -0.143. The standard InChI is InChI=1S/C11H18N2O3/c14-10(15)9-3-1-8(2-4-9)7-13-6-5-12-11(13)16/h8-9H,1-7H2,(H,12,16)(H,14,15). The number of amides is 2. The van der Waals surface area contributed by atoms with E-state index in [1.54, 1.807) is 0 Å². The Morgan fingerprint density at radius 3 is 2.56 bits per heavy atom. The van der Waals surface area contributed by atoms with E-state index in [9.17, 15) is 9.59 Å². The van der Waals surface area contributed by atoms with Crippen LogP contribution in [0.5, 0.6) is 0 Å². The SMILES string of the molecule is O=C(O)C1CCC(CN2CCNC2=O)CC1. The Balaban J connectivity index is 1.77. The van der Waals surface area contributed by atoms with Crippen molar-refractivity contribution in [3.63, 3.8) is 0 Å². The Morgan fingerprint density at radius 1 is 1.38 bits per heavy atom. The predicted molar refractivity (Wildman–Crippen MR) is 58.1 cm³/mol. The molecule has 0 spiro atoms. The van der Waals surface area contributed by atoms with E-state index in [1.807, 2.05) is 4.90 Å². The van der Waals surface area contributed by atoms with Gasteiger partial charge >= 0.3 is 12.0 Å². The number of urea groups is 1. The third-order valence-corrected chi connectivity index (χ3v) is 3.62. The zero-order chi connectivity index (χ0) is 11.5. The molecule has 1 aliphatic heterocycles. The normalized spacial score (nSPS) is 30.2. The summed E-state index contributed by atoms with van der Waals surface area (Å²) in [6, 6.07) is 0.0281. The molecule has 0 atom stereocenters. The molecule has 1 saturated carbocycles. The summed E-state index contributed by atoms with van der Waals surface area (Å²) in [5.74, 6) is -0.347. The molecular formula is C11H18N2O3. The van der Waals surface area contributed by atoms with Gasteiger partial charge in [0.15, 0.2) is 0 Å². The Labute approximate surface area is 94.8 Å². The molecule has 16 heavy (non-hydrogen) atoms. The van der Waals surface area contributed by atoms with Gasteiger partial charge in [0.25, 0.3) is 0 Å². The van der Waals surface area contributed by atoms with Gasteiger partial charge in [0, 0.05) is 19.6 Å². The fourth-order valence-corrected chi connectivity index (χ4v) is 2.59. The number of hydrogen-bond donors (Lipinski definition) is 2. The Hall–Kier alpha value is -1.26. The quantitative estimate of drug-likeness (QED) is 0.751. The van der Waals surface area contributed by atoms with Crippen LogP contribution >= 0.6 is 0 Å². The van der Waals surface area contributed by atoms with Crippen molar-refractivity contribution in [2.24, 2.45) is 11.8 Å². The second-order valence-electron chi connectivity index (χ2n) is 4.73. The van der Waals surface area contributed by atoms with E-state index >= 15 is 0 Å². The van der Waals surface area contributed by atoms with Crippen molar-refractivity contribution in [2.45, 2.75) is 25.7 Å². The minimum absolute atomic E-state index is 0.0281. The third kappa shape index (κ3) is 2.46. The summed E-state index contributed by atoms with van der Waals surface area (Å²) in [5, 5.41) is 11.7. The molecule has 2 amide bonds. The fourth-order valence-electron chi connectivity index (χ4n) is 2.59.